The van der Waals surface area contributed by atoms with Crippen LogP contribution in [0.25, 0.3) is 0 Å². The maximum Gasteiger partial charge on any atom is 0.326 e. The second-order valence-electron chi connectivity index (χ2n) is 2.98. The molecule has 0 spiro atoms. The Balaban J connectivity index is 4.03. The molecule has 0 saturated carbocycles. The van der Waals surface area contributed by atoms with E-state index in [0.29, 0.717) is 6.42 Å². The maximum atomic E-state index is 11.0. The van der Waals surface area contributed by atoms with Crippen LogP contribution in [0.3, 0.4) is 0 Å². The van der Waals surface area contributed by atoms with E-state index in [4.69, 9.17) is 11.5 Å². The molecule has 2 N–H and O–H groups in total. The molecule has 0 aliphatic rings. The summed E-state index contributed by atoms with van der Waals surface area (Å²) in [6.45, 7) is 1.96. The Morgan fingerprint density at radius 3 is 2.64 bits per heavy atom. The van der Waals surface area contributed by atoms with Crippen molar-refractivity contribution in [3.8, 4) is 12.3 Å². The van der Waals surface area contributed by atoms with E-state index in [1.807, 2.05) is 6.92 Å². The van der Waals surface area contributed by atoms with E-state index in [-0.39, 0.29) is 6.42 Å². The molecule has 14 heavy (non-hydrogen) atoms. The lowest BCUT2D eigenvalue weighted by atomic mass is 10.1. The van der Waals surface area contributed by atoms with E-state index in [1.54, 1.807) is 0 Å². The number of carboxylic acids is 1. The number of hydrogen-bond donors (Lipinski definition) is 2. The summed E-state index contributed by atoms with van der Waals surface area (Å²) in [5, 5.41) is 11.1. The Morgan fingerprint density at radius 2 is 2.21 bits per heavy atom. The van der Waals surface area contributed by atoms with Crippen molar-refractivity contribution in [2.75, 3.05) is 0 Å². The molecule has 1 atom stereocenters. The highest BCUT2D eigenvalue weighted by Gasteiger charge is 2.18. The van der Waals surface area contributed by atoms with Gasteiger partial charge in [0, 0.05) is 0 Å². The molecule has 4 nitrogen and oxygen atoms in total. The fraction of sp³-hybridized carbons (Fsp3) is 0.600. The third-order valence-corrected chi connectivity index (χ3v) is 1.74. The number of rotatable bonds is 6. The summed E-state index contributed by atoms with van der Waals surface area (Å²) in [5.41, 5.74) is 0. The minimum Gasteiger partial charge on any atom is -0.480 e. The highest BCUT2D eigenvalue weighted by molar-refractivity contribution is 5.84. The molecule has 0 fully saturated rings. The normalized spacial score (nSPS) is 11.4. The third kappa shape index (κ3) is 5.20. The first-order valence-electron chi connectivity index (χ1n) is 4.57. The first kappa shape index (κ1) is 12.5. The maximum absolute atomic E-state index is 11.0. The molecular weight excluding hydrogens is 182 g/mol. The van der Waals surface area contributed by atoms with Crippen molar-refractivity contribution >= 4 is 11.9 Å². The lowest BCUT2D eigenvalue weighted by molar-refractivity contribution is -0.141. The van der Waals surface area contributed by atoms with Crippen molar-refractivity contribution in [1.29, 1.82) is 0 Å². The standard InChI is InChI=1S/C10H15NO3/c1-3-5-7-8(10(13)14)11-9(12)6-4-2/h2,8H,3,5-7H2,1H3,(H,11,12)(H,13,14)/t8-/m0/s1. The predicted octanol–water partition coefficient (Wildman–Crippen LogP) is 0.769. The number of hydrogen-bond acceptors (Lipinski definition) is 2. The fourth-order valence-electron chi connectivity index (χ4n) is 1.00. The van der Waals surface area contributed by atoms with Gasteiger partial charge in [-0.3, -0.25) is 4.79 Å². The summed E-state index contributed by atoms with van der Waals surface area (Å²) in [4.78, 5) is 21.7. The molecule has 0 unspecified atom stereocenters. The lowest BCUT2D eigenvalue weighted by Crippen LogP contribution is -2.40. The van der Waals surface area contributed by atoms with Gasteiger partial charge in [-0.1, -0.05) is 25.7 Å². The molecule has 0 aromatic carbocycles. The Kier molecular flexibility index (Phi) is 6.21. The monoisotopic (exact) mass is 197 g/mol. The quantitative estimate of drug-likeness (QED) is 0.618. The van der Waals surface area contributed by atoms with Crippen LogP contribution < -0.4 is 5.32 Å². The Morgan fingerprint density at radius 1 is 1.57 bits per heavy atom. The molecule has 0 aliphatic heterocycles. The largest absolute Gasteiger partial charge is 0.480 e. The number of nitrogens with one attached hydrogen (secondary N) is 1. The summed E-state index contributed by atoms with van der Waals surface area (Å²) < 4.78 is 0. The summed E-state index contributed by atoms with van der Waals surface area (Å²) in [6.07, 6.45) is 6.96. The predicted molar refractivity (Wildman–Crippen MR) is 52.5 cm³/mol. The molecule has 0 aromatic rings. The summed E-state index contributed by atoms with van der Waals surface area (Å²) in [7, 11) is 0. The fourth-order valence-corrected chi connectivity index (χ4v) is 1.00. The molecule has 0 saturated heterocycles. The van der Waals surface area contributed by atoms with Crippen molar-refractivity contribution < 1.29 is 14.7 Å². The van der Waals surface area contributed by atoms with Crippen molar-refractivity contribution in [3.63, 3.8) is 0 Å². The molecule has 0 heterocycles. The minimum atomic E-state index is -1.01. The zero-order chi connectivity index (χ0) is 11.0. The molecule has 78 valence electrons. The number of carboxylic acid groups (broad SMARTS) is 1. The summed E-state index contributed by atoms with van der Waals surface area (Å²) in [5.74, 6) is 0.746. The smallest absolute Gasteiger partial charge is 0.326 e. The number of terminal acetylenes is 1. The van der Waals surface area contributed by atoms with Crippen LogP contribution in [0.5, 0.6) is 0 Å². The van der Waals surface area contributed by atoms with Crippen LogP contribution in [0.15, 0.2) is 0 Å². The zero-order valence-electron chi connectivity index (χ0n) is 8.25. The average Bonchev–Trinajstić information content (AvgIpc) is 2.12. The Bertz CT molecular complexity index is 242. The summed E-state index contributed by atoms with van der Waals surface area (Å²) >= 11 is 0. The molecule has 1 amide bonds. The minimum absolute atomic E-state index is 0.0735. The van der Waals surface area contributed by atoms with Crippen LogP contribution in [0.2, 0.25) is 0 Å². The van der Waals surface area contributed by atoms with Crippen LogP contribution in [0.4, 0.5) is 0 Å². The zero-order valence-corrected chi connectivity index (χ0v) is 8.25. The van der Waals surface area contributed by atoms with E-state index in [1.165, 1.54) is 0 Å². The number of unbranched alkanes of at least 4 members (excludes halogenated alkanes) is 1. The van der Waals surface area contributed by atoms with Crippen LogP contribution in [0, 0.1) is 12.3 Å². The molecular formula is C10H15NO3. The van der Waals surface area contributed by atoms with Crippen molar-refractivity contribution in [2.24, 2.45) is 0 Å². The molecule has 0 aromatic heterocycles. The van der Waals surface area contributed by atoms with Crippen LogP contribution in [-0.4, -0.2) is 23.0 Å². The molecule has 4 heteroatoms. The van der Waals surface area contributed by atoms with Crippen LogP contribution in [0.1, 0.15) is 32.6 Å². The van der Waals surface area contributed by atoms with E-state index in [2.05, 4.69) is 11.2 Å². The number of carbonyl (C=O) groups is 2. The number of carbonyl (C=O) groups excluding carboxylic acids is 1. The third-order valence-electron chi connectivity index (χ3n) is 1.74. The number of aliphatic carboxylic acids is 1. The van der Waals surface area contributed by atoms with Crippen molar-refractivity contribution in [1.82, 2.24) is 5.32 Å². The van der Waals surface area contributed by atoms with Crippen LogP contribution in [-0.2, 0) is 9.59 Å². The van der Waals surface area contributed by atoms with E-state index in [0.717, 1.165) is 12.8 Å². The Hall–Kier alpha value is -1.50. The second-order valence-corrected chi connectivity index (χ2v) is 2.98. The van der Waals surface area contributed by atoms with Gasteiger partial charge in [0.05, 0.1) is 6.42 Å². The van der Waals surface area contributed by atoms with Gasteiger partial charge in [0.1, 0.15) is 6.04 Å². The van der Waals surface area contributed by atoms with Crippen molar-refractivity contribution in [3.05, 3.63) is 0 Å². The van der Waals surface area contributed by atoms with Gasteiger partial charge < -0.3 is 10.4 Å². The number of amides is 1. The highest BCUT2D eigenvalue weighted by atomic mass is 16.4. The SMILES string of the molecule is C#CCC(=O)N[C@@H](CCCC)C(=O)O. The van der Waals surface area contributed by atoms with E-state index in [9.17, 15) is 9.59 Å². The van der Waals surface area contributed by atoms with Gasteiger partial charge in [0.15, 0.2) is 0 Å². The first-order chi connectivity index (χ1) is 6.61. The average molecular weight is 197 g/mol. The second kappa shape index (κ2) is 6.96. The van der Waals surface area contributed by atoms with Gasteiger partial charge in [0.25, 0.3) is 0 Å². The van der Waals surface area contributed by atoms with Gasteiger partial charge in [-0.25, -0.2) is 4.79 Å². The molecule has 0 rings (SSSR count). The van der Waals surface area contributed by atoms with Gasteiger partial charge in [-0.2, -0.15) is 0 Å². The lowest BCUT2D eigenvalue weighted by Gasteiger charge is -2.12. The molecule has 0 bridgehead atoms. The first-order valence-corrected chi connectivity index (χ1v) is 4.57. The van der Waals surface area contributed by atoms with E-state index < -0.39 is 17.9 Å². The topological polar surface area (TPSA) is 66.4 Å². The molecule has 0 radical (unpaired) electrons. The van der Waals surface area contributed by atoms with Gasteiger partial charge in [-0.05, 0) is 6.42 Å². The van der Waals surface area contributed by atoms with E-state index >= 15 is 0 Å². The van der Waals surface area contributed by atoms with Gasteiger partial charge in [-0.15, -0.1) is 6.42 Å². The van der Waals surface area contributed by atoms with Crippen molar-refractivity contribution in [2.45, 2.75) is 38.6 Å². The molecule has 0 aliphatic carbocycles. The van der Waals surface area contributed by atoms with Gasteiger partial charge >= 0.3 is 5.97 Å². The highest BCUT2D eigenvalue weighted by Crippen LogP contribution is 2.01. The Labute approximate surface area is 83.7 Å². The van der Waals surface area contributed by atoms with Gasteiger partial charge in [0.2, 0.25) is 5.91 Å². The summed E-state index contributed by atoms with van der Waals surface area (Å²) in [6, 6.07) is -0.809. The van der Waals surface area contributed by atoms with Crippen LogP contribution >= 0.6 is 0 Å².